The molecule has 1 aromatic carbocycles. The first kappa shape index (κ1) is 19.3. The van der Waals surface area contributed by atoms with E-state index < -0.39 is 0 Å². The number of nitrogens with one attached hydrogen (secondary N) is 1. The molecule has 0 aliphatic carbocycles. The van der Waals surface area contributed by atoms with E-state index in [4.69, 9.17) is 0 Å². The maximum absolute atomic E-state index is 12.3. The van der Waals surface area contributed by atoms with E-state index in [0.29, 0.717) is 11.7 Å². The summed E-state index contributed by atoms with van der Waals surface area (Å²) >= 11 is 4.81. The van der Waals surface area contributed by atoms with Crippen molar-refractivity contribution in [1.29, 1.82) is 0 Å². The third-order valence-corrected chi connectivity index (χ3v) is 5.32. The normalized spacial score (nSPS) is 10.6. The van der Waals surface area contributed by atoms with Crippen molar-refractivity contribution in [3.05, 3.63) is 65.4 Å². The smallest absolute Gasteiger partial charge is 0.234 e. The number of hydrogen-bond donors (Lipinski definition) is 1. The summed E-state index contributed by atoms with van der Waals surface area (Å²) in [6.07, 6.45) is 5.20. The van der Waals surface area contributed by atoms with Crippen molar-refractivity contribution in [2.75, 3.05) is 11.1 Å². The Morgan fingerprint density at radius 2 is 2.07 bits per heavy atom. The second-order valence-electron chi connectivity index (χ2n) is 5.76. The Bertz CT molecular complexity index is 958. The molecule has 0 saturated heterocycles. The minimum atomic E-state index is -0.108. The first-order chi connectivity index (χ1) is 13.1. The maximum atomic E-state index is 12.3. The lowest BCUT2D eigenvalue weighted by atomic mass is 10.2. The van der Waals surface area contributed by atoms with E-state index in [0.717, 1.165) is 27.1 Å². The van der Waals surface area contributed by atoms with Crippen LogP contribution in [0.3, 0.4) is 0 Å². The molecule has 6 nitrogen and oxygen atoms in total. The fourth-order valence-corrected chi connectivity index (χ4v) is 3.78. The molecule has 0 saturated carbocycles. The highest BCUT2D eigenvalue weighted by Crippen LogP contribution is 2.26. The molecule has 1 N–H and O–H groups in total. The molecule has 1 amide bonds. The monoisotopic (exact) mass is 443 g/mol. The number of rotatable bonds is 7. The van der Waals surface area contributed by atoms with Gasteiger partial charge in [-0.25, -0.2) is 0 Å². The van der Waals surface area contributed by atoms with Crippen LogP contribution < -0.4 is 5.32 Å². The molecule has 2 aromatic heterocycles. The van der Waals surface area contributed by atoms with Crippen molar-refractivity contribution < 1.29 is 4.79 Å². The van der Waals surface area contributed by atoms with Crippen LogP contribution in [0.1, 0.15) is 5.56 Å². The average Bonchev–Trinajstić information content (AvgIpc) is 3.06. The second-order valence-corrected chi connectivity index (χ2v) is 7.56. The molecule has 0 spiro atoms. The lowest BCUT2D eigenvalue weighted by Crippen LogP contribution is -2.15. The third kappa shape index (κ3) is 4.84. The molecule has 27 heavy (non-hydrogen) atoms. The first-order valence-electron chi connectivity index (χ1n) is 8.22. The number of thioether (sulfide) groups is 1. The zero-order valence-electron chi connectivity index (χ0n) is 14.7. The zero-order chi connectivity index (χ0) is 19.2. The van der Waals surface area contributed by atoms with Gasteiger partial charge in [-0.1, -0.05) is 23.9 Å². The van der Waals surface area contributed by atoms with Crippen LogP contribution in [0.4, 0.5) is 5.69 Å². The van der Waals surface area contributed by atoms with Gasteiger partial charge in [-0.15, -0.1) is 16.8 Å². The molecule has 0 radical (unpaired) electrons. The van der Waals surface area contributed by atoms with Gasteiger partial charge in [0, 0.05) is 29.0 Å². The summed E-state index contributed by atoms with van der Waals surface area (Å²) < 4.78 is 2.79. The van der Waals surface area contributed by atoms with E-state index in [1.165, 1.54) is 11.8 Å². The molecule has 8 heteroatoms. The van der Waals surface area contributed by atoms with Crippen LogP contribution in [-0.4, -0.2) is 31.4 Å². The first-order valence-corrected chi connectivity index (χ1v) is 9.99. The number of allylic oxidation sites excluding steroid dienone is 1. The summed E-state index contributed by atoms with van der Waals surface area (Å²) in [5.74, 6) is 0.844. The van der Waals surface area contributed by atoms with Gasteiger partial charge in [0.25, 0.3) is 0 Å². The highest BCUT2D eigenvalue weighted by Gasteiger charge is 2.15. The van der Waals surface area contributed by atoms with Crippen molar-refractivity contribution in [3.63, 3.8) is 0 Å². The fraction of sp³-hybridized carbons (Fsp3) is 0.158. The van der Waals surface area contributed by atoms with Crippen molar-refractivity contribution in [2.45, 2.75) is 18.6 Å². The van der Waals surface area contributed by atoms with Gasteiger partial charge in [0.1, 0.15) is 0 Å². The van der Waals surface area contributed by atoms with Crippen LogP contribution in [0.15, 0.2) is 65.0 Å². The Balaban J connectivity index is 1.71. The van der Waals surface area contributed by atoms with Crippen LogP contribution in [0, 0.1) is 6.92 Å². The number of carbonyl (C=O) groups excluding carboxylic acids is 1. The Morgan fingerprint density at radius 3 is 2.78 bits per heavy atom. The quantitative estimate of drug-likeness (QED) is 0.434. The molecule has 138 valence electrons. The number of amides is 1. The lowest BCUT2D eigenvalue weighted by molar-refractivity contribution is -0.113. The number of halogens is 1. The largest absolute Gasteiger partial charge is 0.324 e. The van der Waals surface area contributed by atoms with Gasteiger partial charge in [-0.05, 0) is 52.7 Å². The molecule has 0 unspecified atom stereocenters. The van der Waals surface area contributed by atoms with E-state index in [1.54, 1.807) is 18.5 Å². The standard InChI is InChI=1S/C19H18BrN5OS/c1-3-10-25-18(14-6-8-21-9-7-14)23-24-19(25)27-12-17(26)22-16-5-4-13(2)11-15(16)20/h3-9,11H,1,10,12H2,2H3,(H,22,26). The second kappa shape index (κ2) is 8.96. The zero-order valence-corrected chi connectivity index (χ0v) is 17.1. The molecule has 0 aliphatic rings. The van der Waals surface area contributed by atoms with Gasteiger partial charge in [0.15, 0.2) is 11.0 Å². The number of nitrogens with zero attached hydrogens (tertiary/aromatic N) is 4. The van der Waals surface area contributed by atoms with Crippen LogP contribution in [0.25, 0.3) is 11.4 Å². The number of carbonyl (C=O) groups is 1. The molecule has 0 bridgehead atoms. The van der Waals surface area contributed by atoms with Gasteiger partial charge < -0.3 is 5.32 Å². The van der Waals surface area contributed by atoms with E-state index in [1.807, 2.05) is 41.8 Å². The molecular weight excluding hydrogens is 426 g/mol. The predicted molar refractivity (Wildman–Crippen MR) is 112 cm³/mol. The molecule has 0 atom stereocenters. The Kier molecular flexibility index (Phi) is 6.41. The summed E-state index contributed by atoms with van der Waals surface area (Å²) in [5.41, 5.74) is 2.78. The molecule has 2 heterocycles. The summed E-state index contributed by atoms with van der Waals surface area (Å²) in [6.45, 7) is 6.35. The van der Waals surface area contributed by atoms with Gasteiger partial charge in [0.2, 0.25) is 5.91 Å². The number of anilines is 1. The molecular formula is C19H18BrN5OS. The summed E-state index contributed by atoms with van der Waals surface area (Å²) in [6, 6.07) is 9.54. The van der Waals surface area contributed by atoms with Crippen molar-refractivity contribution in [2.24, 2.45) is 0 Å². The SMILES string of the molecule is C=CCn1c(SCC(=O)Nc2ccc(C)cc2Br)nnc1-c1ccncc1. The van der Waals surface area contributed by atoms with E-state index in [9.17, 15) is 4.79 Å². The summed E-state index contributed by atoms with van der Waals surface area (Å²) in [7, 11) is 0. The molecule has 0 aliphatic heterocycles. The average molecular weight is 444 g/mol. The molecule has 0 fully saturated rings. The van der Waals surface area contributed by atoms with Gasteiger partial charge in [-0.2, -0.15) is 0 Å². The minimum Gasteiger partial charge on any atom is -0.324 e. The highest BCUT2D eigenvalue weighted by atomic mass is 79.9. The third-order valence-electron chi connectivity index (χ3n) is 3.70. The topological polar surface area (TPSA) is 72.7 Å². The van der Waals surface area contributed by atoms with Crippen molar-refractivity contribution in [3.8, 4) is 11.4 Å². The van der Waals surface area contributed by atoms with E-state index in [-0.39, 0.29) is 11.7 Å². The Labute approximate surface area is 170 Å². The van der Waals surface area contributed by atoms with Crippen LogP contribution >= 0.6 is 27.7 Å². The highest BCUT2D eigenvalue weighted by molar-refractivity contribution is 9.10. The number of pyridine rings is 1. The Hall–Kier alpha value is -2.45. The number of aryl methyl sites for hydroxylation is 1. The van der Waals surface area contributed by atoms with Gasteiger partial charge >= 0.3 is 0 Å². The van der Waals surface area contributed by atoms with Crippen LogP contribution in [-0.2, 0) is 11.3 Å². The lowest BCUT2D eigenvalue weighted by Gasteiger charge is -2.09. The number of hydrogen-bond acceptors (Lipinski definition) is 5. The van der Waals surface area contributed by atoms with Gasteiger partial charge in [-0.3, -0.25) is 14.3 Å². The fourth-order valence-electron chi connectivity index (χ4n) is 2.44. The van der Waals surface area contributed by atoms with Crippen molar-refractivity contribution in [1.82, 2.24) is 19.7 Å². The molecule has 3 rings (SSSR count). The van der Waals surface area contributed by atoms with E-state index in [2.05, 4.69) is 43.0 Å². The summed E-state index contributed by atoms with van der Waals surface area (Å²) in [4.78, 5) is 16.4. The minimum absolute atomic E-state index is 0.108. The number of benzene rings is 1. The summed E-state index contributed by atoms with van der Waals surface area (Å²) in [5, 5.41) is 12.1. The predicted octanol–water partition coefficient (Wildman–Crippen LogP) is 4.33. The van der Waals surface area contributed by atoms with Gasteiger partial charge in [0.05, 0.1) is 11.4 Å². The van der Waals surface area contributed by atoms with Crippen molar-refractivity contribution >= 4 is 39.3 Å². The maximum Gasteiger partial charge on any atom is 0.234 e. The van der Waals surface area contributed by atoms with E-state index >= 15 is 0 Å². The Morgan fingerprint density at radius 1 is 1.30 bits per heavy atom. The molecule has 3 aromatic rings. The number of aromatic nitrogens is 4. The van der Waals surface area contributed by atoms with Crippen LogP contribution in [0.5, 0.6) is 0 Å². The van der Waals surface area contributed by atoms with Crippen LogP contribution in [0.2, 0.25) is 0 Å².